The second-order valence-corrected chi connectivity index (χ2v) is 6.45. The van der Waals surface area contributed by atoms with Crippen LogP contribution in [0.2, 0.25) is 5.02 Å². The molecule has 25 heavy (non-hydrogen) atoms. The minimum atomic E-state index is -0.496. The van der Waals surface area contributed by atoms with Crippen LogP contribution in [-0.4, -0.2) is 35.8 Å². The first-order chi connectivity index (χ1) is 12.1. The number of benzene rings is 2. The standard InChI is InChI=1S/C19H20ClN3O2/c20-15-6-8-16(9-7-15)22-18(24)12-17-19(25)23(11-10-21-17)13-14-4-2-1-3-5-14/h1-9,17,21H,10-13H2,(H,22,24)/t17-/m0/s1. The summed E-state index contributed by atoms with van der Waals surface area (Å²) in [4.78, 5) is 26.6. The molecule has 1 atom stereocenters. The molecule has 2 aromatic carbocycles. The van der Waals surface area contributed by atoms with Crippen LogP contribution in [0.4, 0.5) is 5.69 Å². The lowest BCUT2D eigenvalue weighted by Crippen LogP contribution is -2.55. The molecule has 1 aliphatic rings. The summed E-state index contributed by atoms with van der Waals surface area (Å²) >= 11 is 5.83. The van der Waals surface area contributed by atoms with Crippen molar-refractivity contribution >= 4 is 29.1 Å². The van der Waals surface area contributed by atoms with Gasteiger partial charge >= 0.3 is 0 Å². The number of halogens is 1. The Morgan fingerprint density at radius 1 is 1.16 bits per heavy atom. The van der Waals surface area contributed by atoms with Crippen LogP contribution in [0.1, 0.15) is 12.0 Å². The zero-order valence-electron chi connectivity index (χ0n) is 13.7. The number of amides is 2. The molecule has 1 fully saturated rings. The summed E-state index contributed by atoms with van der Waals surface area (Å²) in [5.74, 6) is -0.240. The molecular formula is C19H20ClN3O2. The van der Waals surface area contributed by atoms with Crippen LogP contribution in [0.5, 0.6) is 0 Å². The van der Waals surface area contributed by atoms with E-state index in [9.17, 15) is 9.59 Å². The topological polar surface area (TPSA) is 61.4 Å². The summed E-state index contributed by atoms with van der Waals surface area (Å²) in [6, 6.07) is 16.3. The molecule has 1 heterocycles. The van der Waals surface area contributed by atoms with E-state index in [0.717, 1.165) is 5.56 Å². The van der Waals surface area contributed by atoms with E-state index in [-0.39, 0.29) is 18.2 Å². The summed E-state index contributed by atoms with van der Waals surface area (Å²) in [7, 11) is 0. The van der Waals surface area contributed by atoms with Gasteiger partial charge in [-0.05, 0) is 29.8 Å². The van der Waals surface area contributed by atoms with Gasteiger partial charge in [0.1, 0.15) is 0 Å². The van der Waals surface area contributed by atoms with Gasteiger partial charge in [0.05, 0.1) is 12.5 Å². The molecule has 2 N–H and O–H groups in total. The Bertz CT molecular complexity index is 734. The summed E-state index contributed by atoms with van der Waals surface area (Å²) < 4.78 is 0. The minimum absolute atomic E-state index is 0.0404. The molecule has 6 heteroatoms. The van der Waals surface area contributed by atoms with E-state index in [2.05, 4.69) is 10.6 Å². The Kier molecular flexibility index (Phi) is 5.68. The molecule has 0 radical (unpaired) electrons. The van der Waals surface area contributed by atoms with Crippen molar-refractivity contribution in [3.05, 3.63) is 65.2 Å². The van der Waals surface area contributed by atoms with Gasteiger partial charge in [-0.15, -0.1) is 0 Å². The quantitative estimate of drug-likeness (QED) is 0.864. The van der Waals surface area contributed by atoms with Crippen molar-refractivity contribution in [1.29, 1.82) is 0 Å². The molecule has 130 valence electrons. The van der Waals surface area contributed by atoms with Crippen LogP contribution in [0.3, 0.4) is 0 Å². The number of nitrogens with one attached hydrogen (secondary N) is 2. The third kappa shape index (κ3) is 4.81. The maximum Gasteiger partial charge on any atom is 0.240 e. The Labute approximate surface area is 152 Å². The smallest absolute Gasteiger partial charge is 0.240 e. The highest BCUT2D eigenvalue weighted by molar-refractivity contribution is 6.30. The number of carbonyl (C=O) groups excluding carboxylic acids is 2. The normalized spacial score (nSPS) is 17.4. The van der Waals surface area contributed by atoms with Crippen molar-refractivity contribution in [1.82, 2.24) is 10.2 Å². The van der Waals surface area contributed by atoms with Gasteiger partial charge in [-0.2, -0.15) is 0 Å². The van der Waals surface area contributed by atoms with E-state index in [4.69, 9.17) is 11.6 Å². The van der Waals surface area contributed by atoms with Gasteiger partial charge in [-0.3, -0.25) is 9.59 Å². The highest BCUT2D eigenvalue weighted by Gasteiger charge is 2.30. The maximum absolute atomic E-state index is 12.6. The highest BCUT2D eigenvalue weighted by atomic mass is 35.5. The van der Waals surface area contributed by atoms with Gasteiger partial charge in [0.15, 0.2) is 0 Å². The molecule has 0 aromatic heterocycles. The van der Waals surface area contributed by atoms with E-state index >= 15 is 0 Å². The number of anilines is 1. The summed E-state index contributed by atoms with van der Waals surface area (Å²) in [6.07, 6.45) is 0.104. The molecule has 3 rings (SSSR count). The van der Waals surface area contributed by atoms with Crippen LogP contribution >= 0.6 is 11.6 Å². The first-order valence-electron chi connectivity index (χ1n) is 8.23. The second-order valence-electron chi connectivity index (χ2n) is 6.01. The second kappa shape index (κ2) is 8.14. The lowest BCUT2D eigenvalue weighted by molar-refractivity contribution is -0.138. The summed E-state index contributed by atoms with van der Waals surface area (Å²) in [6.45, 7) is 1.89. The van der Waals surface area contributed by atoms with Crippen LogP contribution in [0.25, 0.3) is 0 Å². The number of piperazine rings is 1. The molecule has 1 saturated heterocycles. The fraction of sp³-hybridized carbons (Fsp3) is 0.263. The fourth-order valence-corrected chi connectivity index (χ4v) is 2.97. The fourth-order valence-electron chi connectivity index (χ4n) is 2.84. The lowest BCUT2D eigenvalue weighted by Gasteiger charge is -2.33. The third-order valence-electron chi connectivity index (χ3n) is 4.12. The zero-order chi connectivity index (χ0) is 17.6. The van der Waals surface area contributed by atoms with E-state index in [1.165, 1.54) is 0 Å². The lowest BCUT2D eigenvalue weighted by atomic mass is 10.1. The molecule has 0 bridgehead atoms. The molecule has 5 nitrogen and oxygen atoms in total. The van der Waals surface area contributed by atoms with Gasteiger partial charge < -0.3 is 15.5 Å². The molecule has 2 amide bonds. The van der Waals surface area contributed by atoms with Crippen molar-refractivity contribution in [3.8, 4) is 0 Å². The predicted octanol–water partition coefficient (Wildman–Crippen LogP) is 2.67. The van der Waals surface area contributed by atoms with E-state index in [1.54, 1.807) is 29.2 Å². The highest BCUT2D eigenvalue weighted by Crippen LogP contribution is 2.15. The van der Waals surface area contributed by atoms with Crippen molar-refractivity contribution in [3.63, 3.8) is 0 Å². The first kappa shape index (κ1) is 17.5. The largest absolute Gasteiger partial charge is 0.336 e. The predicted molar refractivity (Wildman–Crippen MR) is 98.3 cm³/mol. The number of hydrogen-bond acceptors (Lipinski definition) is 3. The average Bonchev–Trinajstić information content (AvgIpc) is 2.61. The molecule has 0 aliphatic carbocycles. The SMILES string of the molecule is O=C(C[C@@H]1NCCN(Cc2ccccc2)C1=O)Nc1ccc(Cl)cc1. The van der Waals surface area contributed by atoms with Crippen molar-refractivity contribution in [2.75, 3.05) is 18.4 Å². The van der Waals surface area contributed by atoms with E-state index < -0.39 is 6.04 Å². The summed E-state index contributed by atoms with van der Waals surface area (Å²) in [5, 5.41) is 6.54. The maximum atomic E-state index is 12.6. The number of hydrogen-bond donors (Lipinski definition) is 2. The Morgan fingerprint density at radius 3 is 2.60 bits per heavy atom. The zero-order valence-corrected chi connectivity index (χ0v) is 14.5. The Balaban J connectivity index is 1.57. The van der Waals surface area contributed by atoms with Gasteiger partial charge in [0, 0.05) is 30.3 Å². The van der Waals surface area contributed by atoms with Crippen LogP contribution in [0.15, 0.2) is 54.6 Å². The molecule has 1 aliphatic heterocycles. The number of carbonyl (C=O) groups is 2. The Morgan fingerprint density at radius 2 is 1.88 bits per heavy atom. The first-order valence-corrected chi connectivity index (χ1v) is 8.61. The van der Waals surface area contributed by atoms with Crippen molar-refractivity contribution in [2.24, 2.45) is 0 Å². The molecule has 2 aromatic rings. The minimum Gasteiger partial charge on any atom is -0.336 e. The summed E-state index contributed by atoms with van der Waals surface area (Å²) in [5.41, 5.74) is 1.75. The third-order valence-corrected chi connectivity index (χ3v) is 4.37. The van der Waals surface area contributed by atoms with Gasteiger partial charge in [0.2, 0.25) is 11.8 Å². The number of nitrogens with zero attached hydrogens (tertiary/aromatic N) is 1. The molecule has 0 spiro atoms. The monoisotopic (exact) mass is 357 g/mol. The molecule has 0 unspecified atom stereocenters. The van der Waals surface area contributed by atoms with Crippen LogP contribution in [0, 0.1) is 0 Å². The number of rotatable bonds is 5. The van der Waals surface area contributed by atoms with Crippen LogP contribution in [-0.2, 0) is 16.1 Å². The van der Waals surface area contributed by atoms with Crippen LogP contribution < -0.4 is 10.6 Å². The average molecular weight is 358 g/mol. The van der Waals surface area contributed by atoms with E-state index in [0.29, 0.717) is 30.3 Å². The molecule has 0 saturated carbocycles. The molecular weight excluding hydrogens is 338 g/mol. The van der Waals surface area contributed by atoms with Gasteiger partial charge in [-0.25, -0.2) is 0 Å². The van der Waals surface area contributed by atoms with Crippen molar-refractivity contribution < 1.29 is 9.59 Å². The van der Waals surface area contributed by atoms with Crippen molar-refractivity contribution in [2.45, 2.75) is 19.0 Å². The van der Waals surface area contributed by atoms with E-state index in [1.807, 2.05) is 30.3 Å². The Hall–Kier alpha value is -2.37. The van der Waals surface area contributed by atoms with Gasteiger partial charge in [0.25, 0.3) is 0 Å². The van der Waals surface area contributed by atoms with Gasteiger partial charge in [-0.1, -0.05) is 41.9 Å².